The summed E-state index contributed by atoms with van der Waals surface area (Å²) in [5.74, 6) is -1.08. The Kier molecular flexibility index (Phi) is 7.77. The zero-order valence-electron chi connectivity index (χ0n) is 20.0. The maximum absolute atomic E-state index is 12.7. The molecule has 0 unspecified atom stereocenters. The maximum atomic E-state index is 12.7. The molecule has 196 valence electrons. The minimum absolute atomic E-state index is 0.0120. The van der Waals surface area contributed by atoms with Gasteiger partial charge in [-0.15, -0.1) is 0 Å². The van der Waals surface area contributed by atoms with Gasteiger partial charge in [0.25, 0.3) is 5.91 Å². The van der Waals surface area contributed by atoms with Crippen molar-refractivity contribution in [2.24, 2.45) is 13.0 Å². The molecular formula is C25H26F3N5O4. The van der Waals surface area contributed by atoms with E-state index < -0.39 is 23.7 Å². The maximum Gasteiger partial charge on any atom is 0.433 e. The molecule has 3 heterocycles. The number of alkyl halides is 3. The van der Waals surface area contributed by atoms with Crippen LogP contribution in [0.15, 0.2) is 48.8 Å². The van der Waals surface area contributed by atoms with Crippen molar-refractivity contribution in [2.45, 2.75) is 19.0 Å². The first-order valence-corrected chi connectivity index (χ1v) is 11.7. The summed E-state index contributed by atoms with van der Waals surface area (Å²) in [6, 6.07) is 8.69. The number of carbonyl (C=O) groups excluding carboxylic acids is 1. The number of amides is 1. The lowest BCUT2D eigenvalue weighted by Crippen LogP contribution is -2.38. The Morgan fingerprint density at radius 1 is 1.16 bits per heavy atom. The Hall–Kier alpha value is -3.93. The molecule has 1 aromatic carbocycles. The number of nitrogens with one attached hydrogen (secondary N) is 1. The molecule has 3 aromatic rings. The minimum Gasteiger partial charge on any atom is -0.492 e. The predicted octanol–water partition coefficient (Wildman–Crippen LogP) is 3.93. The second kappa shape index (κ2) is 11.0. The number of aliphatic carboxylic acids is 1. The summed E-state index contributed by atoms with van der Waals surface area (Å²) in [6.45, 7) is 2.40. The molecule has 2 aromatic heterocycles. The number of aryl methyl sites for hydroxylation is 1. The average Bonchev–Trinajstić information content (AvgIpc) is 3.30. The molecule has 1 aliphatic rings. The van der Waals surface area contributed by atoms with Gasteiger partial charge in [-0.2, -0.15) is 18.3 Å². The van der Waals surface area contributed by atoms with E-state index in [1.165, 1.54) is 0 Å². The lowest BCUT2D eigenvalue weighted by Gasteiger charge is -2.29. The summed E-state index contributed by atoms with van der Waals surface area (Å²) in [7, 11) is 1.77. The molecular weight excluding hydrogens is 491 g/mol. The van der Waals surface area contributed by atoms with Crippen molar-refractivity contribution in [3.8, 4) is 17.0 Å². The molecule has 0 aliphatic carbocycles. The van der Waals surface area contributed by atoms with Gasteiger partial charge in [-0.25, -0.2) is 0 Å². The first-order chi connectivity index (χ1) is 17.6. The number of benzene rings is 1. The van der Waals surface area contributed by atoms with Crippen LogP contribution in [0.2, 0.25) is 0 Å². The van der Waals surface area contributed by atoms with Crippen LogP contribution in [0.3, 0.4) is 0 Å². The molecule has 0 atom stereocenters. The van der Waals surface area contributed by atoms with Crippen LogP contribution in [-0.2, 0) is 18.0 Å². The number of nitrogens with zero attached hydrogens (tertiary/aromatic N) is 4. The Bertz CT molecular complexity index is 1250. The van der Waals surface area contributed by atoms with Crippen molar-refractivity contribution in [2.75, 3.05) is 31.6 Å². The summed E-state index contributed by atoms with van der Waals surface area (Å²) >= 11 is 0. The number of carboxylic acids is 1. The molecule has 1 saturated heterocycles. The van der Waals surface area contributed by atoms with Crippen molar-refractivity contribution in [3.63, 3.8) is 0 Å². The van der Waals surface area contributed by atoms with Gasteiger partial charge in [0.1, 0.15) is 18.1 Å². The highest BCUT2D eigenvalue weighted by molar-refractivity contribution is 6.04. The zero-order chi connectivity index (χ0) is 26.6. The van der Waals surface area contributed by atoms with Crippen molar-refractivity contribution < 1.29 is 32.6 Å². The number of rotatable bonds is 8. The summed E-state index contributed by atoms with van der Waals surface area (Å²) in [5, 5.41) is 16.0. The molecule has 4 rings (SSSR count). The molecule has 1 fully saturated rings. The number of hydrogen-bond acceptors (Lipinski definition) is 6. The molecule has 9 nitrogen and oxygen atoms in total. The van der Waals surface area contributed by atoms with E-state index in [-0.39, 0.29) is 11.5 Å². The van der Waals surface area contributed by atoms with Gasteiger partial charge >= 0.3 is 12.1 Å². The van der Waals surface area contributed by atoms with Crippen LogP contribution in [0.5, 0.6) is 5.75 Å². The van der Waals surface area contributed by atoms with Gasteiger partial charge in [-0.3, -0.25) is 24.2 Å². The molecule has 1 aliphatic heterocycles. The van der Waals surface area contributed by atoms with Gasteiger partial charge in [0.15, 0.2) is 0 Å². The largest absolute Gasteiger partial charge is 0.492 e. The predicted molar refractivity (Wildman–Crippen MR) is 128 cm³/mol. The second-order valence-electron chi connectivity index (χ2n) is 8.74. The van der Waals surface area contributed by atoms with Crippen LogP contribution in [-0.4, -0.2) is 62.9 Å². The normalized spacial score (nSPS) is 14.9. The highest BCUT2D eigenvalue weighted by atomic mass is 19.4. The van der Waals surface area contributed by atoms with Crippen molar-refractivity contribution in [1.82, 2.24) is 19.7 Å². The fourth-order valence-electron chi connectivity index (χ4n) is 4.16. The minimum atomic E-state index is -4.59. The summed E-state index contributed by atoms with van der Waals surface area (Å²) in [5.41, 5.74) is 0.749. The summed E-state index contributed by atoms with van der Waals surface area (Å²) in [6.07, 6.45) is -0.851. The number of pyridine rings is 1. The van der Waals surface area contributed by atoms with E-state index >= 15 is 0 Å². The SMILES string of the molecule is Cn1nccc1-c1cc(NC(=O)c2ccc(C(F)(F)F)nc2)ccc1OCCN1CCC(C(=O)O)CC1. The number of halogens is 3. The molecule has 2 N–H and O–H groups in total. The number of hydrogen-bond donors (Lipinski definition) is 2. The lowest BCUT2D eigenvalue weighted by atomic mass is 9.97. The number of carbonyl (C=O) groups is 2. The van der Waals surface area contributed by atoms with E-state index in [1.807, 2.05) is 0 Å². The van der Waals surface area contributed by atoms with E-state index in [0.717, 1.165) is 24.0 Å². The summed E-state index contributed by atoms with van der Waals surface area (Å²) in [4.78, 5) is 29.2. The van der Waals surface area contributed by atoms with Crippen molar-refractivity contribution >= 4 is 17.6 Å². The molecule has 0 saturated carbocycles. The fourth-order valence-corrected chi connectivity index (χ4v) is 4.16. The van der Waals surface area contributed by atoms with Gasteiger partial charge < -0.3 is 15.2 Å². The van der Waals surface area contributed by atoms with E-state index in [4.69, 9.17) is 9.84 Å². The molecule has 0 spiro atoms. The monoisotopic (exact) mass is 517 g/mol. The third-order valence-electron chi connectivity index (χ3n) is 6.25. The van der Waals surface area contributed by atoms with Gasteiger partial charge in [-0.1, -0.05) is 0 Å². The Morgan fingerprint density at radius 2 is 1.92 bits per heavy atom. The molecule has 12 heteroatoms. The molecule has 0 radical (unpaired) electrons. The fraction of sp³-hybridized carbons (Fsp3) is 0.360. The van der Waals surface area contributed by atoms with Gasteiger partial charge in [-0.05, 0) is 62.3 Å². The van der Waals surface area contributed by atoms with E-state index in [9.17, 15) is 22.8 Å². The number of likely N-dealkylation sites (tertiary alicyclic amines) is 1. The average molecular weight is 518 g/mol. The van der Waals surface area contributed by atoms with Crippen LogP contribution in [0.4, 0.5) is 18.9 Å². The number of anilines is 1. The first-order valence-electron chi connectivity index (χ1n) is 11.7. The Labute approximate surface area is 210 Å². The van der Waals surface area contributed by atoms with Crippen molar-refractivity contribution in [3.05, 3.63) is 60.0 Å². The van der Waals surface area contributed by atoms with Gasteiger partial charge in [0, 0.05) is 37.2 Å². The number of piperidine rings is 1. The highest BCUT2D eigenvalue weighted by Gasteiger charge is 2.32. The van der Waals surface area contributed by atoms with Crippen LogP contribution >= 0.6 is 0 Å². The van der Waals surface area contributed by atoms with Crippen LogP contribution in [0, 0.1) is 5.92 Å². The van der Waals surface area contributed by atoms with Crippen LogP contribution < -0.4 is 10.1 Å². The standard InChI is InChI=1S/C25H26F3N5O4/c1-32-20(6-9-30-32)19-14-18(31-23(34)17-2-5-22(29-15-17)25(26,27)28)3-4-21(19)37-13-12-33-10-7-16(8-11-33)24(35)36/h2-6,9,14-16H,7-8,10-13H2,1H3,(H,31,34)(H,35,36). The smallest absolute Gasteiger partial charge is 0.433 e. The third kappa shape index (κ3) is 6.45. The van der Waals surface area contributed by atoms with Crippen molar-refractivity contribution in [1.29, 1.82) is 0 Å². The van der Waals surface area contributed by atoms with E-state index in [2.05, 4.69) is 20.3 Å². The second-order valence-corrected chi connectivity index (χ2v) is 8.74. The summed E-state index contributed by atoms with van der Waals surface area (Å²) < 4.78 is 46.0. The van der Waals surface area contributed by atoms with Gasteiger partial charge in [0.05, 0.1) is 17.2 Å². The molecule has 1 amide bonds. The Balaban J connectivity index is 1.44. The highest BCUT2D eigenvalue weighted by Crippen LogP contribution is 2.33. The molecule has 0 bridgehead atoms. The Morgan fingerprint density at radius 3 is 2.51 bits per heavy atom. The van der Waals surface area contributed by atoms with Crippen LogP contribution in [0.25, 0.3) is 11.3 Å². The number of ether oxygens (including phenoxy) is 1. The van der Waals surface area contributed by atoms with Gasteiger partial charge in [0.2, 0.25) is 0 Å². The van der Waals surface area contributed by atoms with Crippen LogP contribution in [0.1, 0.15) is 28.9 Å². The number of carboxylic acid groups (broad SMARTS) is 1. The first kappa shape index (κ1) is 26.1. The van der Waals surface area contributed by atoms with E-state index in [1.54, 1.807) is 42.2 Å². The lowest BCUT2D eigenvalue weighted by molar-refractivity contribution is -0.143. The van der Waals surface area contributed by atoms with E-state index in [0.29, 0.717) is 56.1 Å². The molecule has 37 heavy (non-hydrogen) atoms. The zero-order valence-corrected chi connectivity index (χ0v) is 20.0. The number of aromatic nitrogens is 3. The third-order valence-corrected chi connectivity index (χ3v) is 6.25. The topological polar surface area (TPSA) is 110 Å². The quantitative estimate of drug-likeness (QED) is 0.466.